The maximum Gasteiger partial charge on any atom is 0.243 e. The van der Waals surface area contributed by atoms with Crippen LogP contribution < -0.4 is 5.32 Å². The second kappa shape index (κ2) is 12.0. The van der Waals surface area contributed by atoms with Crippen LogP contribution in [0.4, 0.5) is 0 Å². The summed E-state index contributed by atoms with van der Waals surface area (Å²) in [5, 5.41) is 2.91. The van der Waals surface area contributed by atoms with Gasteiger partial charge < -0.3 is 10.2 Å². The Labute approximate surface area is 197 Å². The van der Waals surface area contributed by atoms with E-state index in [1.54, 1.807) is 19.1 Å². The molecule has 0 fully saturated rings. The molecular formula is C25H35N3O4S. The Kier molecular flexibility index (Phi) is 9.61. The van der Waals surface area contributed by atoms with Crippen molar-refractivity contribution in [2.75, 3.05) is 20.1 Å². The summed E-state index contributed by atoms with van der Waals surface area (Å²) in [6, 6.07) is 15.4. The molecule has 2 aromatic carbocycles. The number of nitrogens with zero attached hydrogens (tertiary/aromatic N) is 2. The molecule has 2 rings (SSSR count). The highest BCUT2D eigenvalue weighted by Gasteiger charge is 2.30. The van der Waals surface area contributed by atoms with Crippen LogP contribution in [-0.4, -0.2) is 61.7 Å². The lowest BCUT2D eigenvalue weighted by molar-refractivity contribution is -0.140. The Morgan fingerprint density at radius 2 is 1.61 bits per heavy atom. The number of aryl methyl sites for hydroxylation is 1. The summed E-state index contributed by atoms with van der Waals surface area (Å²) in [5.41, 5.74) is 1.98. The summed E-state index contributed by atoms with van der Waals surface area (Å²) in [5.74, 6) is -0.675. The maximum absolute atomic E-state index is 13.2. The molecule has 0 unspecified atom stereocenters. The lowest BCUT2D eigenvalue weighted by atomic mass is 10.1. The van der Waals surface area contributed by atoms with Gasteiger partial charge >= 0.3 is 0 Å². The predicted molar refractivity (Wildman–Crippen MR) is 130 cm³/mol. The minimum absolute atomic E-state index is 0.0179. The van der Waals surface area contributed by atoms with Gasteiger partial charge in [-0.1, -0.05) is 55.0 Å². The van der Waals surface area contributed by atoms with Crippen molar-refractivity contribution in [1.29, 1.82) is 0 Å². The highest BCUT2D eigenvalue weighted by atomic mass is 32.2. The van der Waals surface area contributed by atoms with Crippen molar-refractivity contribution in [3.63, 3.8) is 0 Å². The first-order valence-corrected chi connectivity index (χ1v) is 12.7. The number of carbonyl (C=O) groups is 2. The third kappa shape index (κ3) is 7.40. The number of sulfonamides is 1. The molecule has 0 aromatic heterocycles. The van der Waals surface area contributed by atoms with E-state index in [0.717, 1.165) is 21.9 Å². The first-order valence-electron chi connectivity index (χ1n) is 11.2. The Morgan fingerprint density at radius 1 is 1.00 bits per heavy atom. The number of rotatable bonds is 11. The van der Waals surface area contributed by atoms with Gasteiger partial charge in [0.2, 0.25) is 21.8 Å². The summed E-state index contributed by atoms with van der Waals surface area (Å²) in [6.07, 6.45) is 1.33. The van der Waals surface area contributed by atoms with Crippen molar-refractivity contribution >= 4 is 21.8 Å². The maximum atomic E-state index is 13.2. The number of nitrogens with one attached hydrogen (secondary N) is 1. The van der Waals surface area contributed by atoms with E-state index >= 15 is 0 Å². The second-order valence-corrected chi connectivity index (χ2v) is 10.4. The van der Waals surface area contributed by atoms with E-state index in [0.29, 0.717) is 13.0 Å². The third-order valence-electron chi connectivity index (χ3n) is 5.74. The average molecular weight is 474 g/mol. The van der Waals surface area contributed by atoms with Gasteiger partial charge in [0.25, 0.3) is 0 Å². The molecule has 2 amide bonds. The van der Waals surface area contributed by atoms with E-state index in [-0.39, 0.29) is 23.4 Å². The molecule has 0 radical (unpaired) electrons. The van der Waals surface area contributed by atoms with Crippen molar-refractivity contribution in [1.82, 2.24) is 14.5 Å². The summed E-state index contributed by atoms with van der Waals surface area (Å²) in [4.78, 5) is 27.6. The summed E-state index contributed by atoms with van der Waals surface area (Å²) >= 11 is 0. The molecule has 2 atom stereocenters. The fraction of sp³-hybridized carbons (Fsp3) is 0.440. The largest absolute Gasteiger partial charge is 0.352 e. The molecule has 0 aliphatic rings. The topological polar surface area (TPSA) is 86.8 Å². The van der Waals surface area contributed by atoms with Crippen molar-refractivity contribution in [2.24, 2.45) is 0 Å². The highest BCUT2D eigenvalue weighted by Crippen LogP contribution is 2.16. The van der Waals surface area contributed by atoms with Crippen LogP contribution in [-0.2, 0) is 26.0 Å². The molecule has 0 aliphatic carbocycles. The molecule has 0 bridgehead atoms. The number of carbonyl (C=O) groups excluding carboxylic acids is 2. The number of amides is 2. The van der Waals surface area contributed by atoms with Crippen LogP contribution >= 0.6 is 0 Å². The normalized spacial score (nSPS) is 13.4. The van der Waals surface area contributed by atoms with E-state index in [1.165, 1.54) is 24.1 Å². The first-order chi connectivity index (χ1) is 15.6. The van der Waals surface area contributed by atoms with Crippen molar-refractivity contribution in [3.05, 3.63) is 65.7 Å². The van der Waals surface area contributed by atoms with E-state index in [9.17, 15) is 18.0 Å². The van der Waals surface area contributed by atoms with Gasteiger partial charge in [-0.2, -0.15) is 4.31 Å². The summed E-state index contributed by atoms with van der Waals surface area (Å²) < 4.78 is 26.9. The predicted octanol–water partition coefficient (Wildman–Crippen LogP) is 2.99. The first kappa shape index (κ1) is 26.5. The quantitative estimate of drug-likeness (QED) is 0.544. The van der Waals surface area contributed by atoms with Crippen LogP contribution in [0.25, 0.3) is 0 Å². The Bertz CT molecular complexity index is 1020. The van der Waals surface area contributed by atoms with Crippen LogP contribution in [0.1, 0.15) is 38.3 Å². The fourth-order valence-corrected chi connectivity index (χ4v) is 4.41. The van der Waals surface area contributed by atoms with E-state index in [4.69, 9.17) is 0 Å². The average Bonchev–Trinajstić information content (AvgIpc) is 2.79. The van der Waals surface area contributed by atoms with Gasteiger partial charge in [-0.05, 0) is 51.3 Å². The van der Waals surface area contributed by atoms with Gasteiger partial charge in [-0.3, -0.25) is 9.59 Å². The molecule has 2 aromatic rings. The van der Waals surface area contributed by atoms with Crippen molar-refractivity contribution in [3.8, 4) is 0 Å². The molecule has 0 heterocycles. The van der Waals surface area contributed by atoms with Crippen molar-refractivity contribution < 1.29 is 18.0 Å². The number of benzene rings is 2. The molecular weight excluding hydrogens is 438 g/mol. The fourth-order valence-electron chi connectivity index (χ4n) is 3.29. The van der Waals surface area contributed by atoms with Crippen LogP contribution in [0.2, 0.25) is 0 Å². The molecule has 8 heteroatoms. The van der Waals surface area contributed by atoms with Crippen LogP contribution in [0.5, 0.6) is 0 Å². The van der Waals surface area contributed by atoms with Gasteiger partial charge in [-0.15, -0.1) is 0 Å². The van der Waals surface area contributed by atoms with Gasteiger partial charge in [0.1, 0.15) is 6.04 Å². The second-order valence-electron chi connectivity index (χ2n) is 8.39. The van der Waals surface area contributed by atoms with Crippen LogP contribution in [0.3, 0.4) is 0 Å². The molecule has 0 saturated heterocycles. The highest BCUT2D eigenvalue weighted by molar-refractivity contribution is 7.89. The van der Waals surface area contributed by atoms with E-state index in [2.05, 4.69) is 5.32 Å². The minimum atomic E-state index is -3.84. The van der Waals surface area contributed by atoms with Crippen molar-refractivity contribution in [2.45, 2.75) is 57.5 Å². The van der Waals surface area contributed by atoms with E-state index < -0.39 is 22.0 Å². The smallest absolute Gasteiger partial charge is 0.243 e. The molecule has 7 nitrogen and oxygen atoms in total. The zero-order valence-corrected chi connectivity index (χ0v) is 20.9. The third-order valence-corrected chi connectivity index (χ3v) is 7.56. The Morgan fingerprint density at radius 3 is 2.18 bits per heavy atom. The molecule has 0 saturated carbocycles. The Balaban J connectivity index is 2.20. The van der Waals surface area contributed by atoms with Crippen LogP contribution in [0, 0.1) is 6.92 Å². The summed E-state index contributed by atoms with van der Waals surface area (Å²) in [7, 11) is -2.45. The number of hydrogen-bond acceptors (Lipinski definition) is 4. The Hall–Kier alpha value is -2.71. The lowest BCUT2D eigenvalue weighted by Crippen LogP contribution is -2.52. The number of hydrogen-bond donors (Lipinski definition) is 1. The standard InChI is InChI=1S/C25H35N3O4S/c1-6-20(3)26-25(30)21(4)28(17-16-22-10-8-7-9-11-22)24(29)18-27(5)33(31,32)23-14-12-19(2)13-15-23/h7-15,20-21H,6,16-18H2,1-5H3,(H,26,30)/t20-,21-/m0/s1. The molecule has 1 N–H and O–H groups in total. The zero-order valence-electron chi connectivity index (χ0n) is 20.1. The van der Waals surface area contributed by atoms with Gasteiger partial charge in [-0.25, -0.2) is 8.42 Å². The van der Waals surface area contributed by atoms with E-state index in [1.807, 2.05) is 51.1 Å². The van der Waals surface area contributed by atoms with Gasteiger partial charge in [0.15, 0.2) is 0 Å². The monoisotopic (exact) mass is 473 g/mol. The van der Waals surface area contributed by atoms with Crippen LogP contribution in [0.15, 0.2) is 59.5 Å². The molecule has 0 spiro atoms. The van der Waals surface area contributed by atoms with Gasteiger partial charge in [0.05, 0.1) is 11.4 Å². The summed E-state index contributed by atoms with van der Waals surface area (Å²) in [6.45, 7) is 7.37. The SMILES string of the molecule is CC[C@H](C)NC(=O)[C@H](C)N(CCc1ccccc1)C(=O)CN(C)S(=O)(=O)c1ccc(C)cc1. The zero-order chi connectivity index (χ0) is 24.6. The van der Waals surface area contributed by atoms with Gasteiger partial charge in [0, 0.05) is 19.6 Å². The number of likely N-dealkylation sites (N-methyl/N-ethyl adjacent to an activating group) is 1. The molecule has 33 heavy (non-hydrogen) atoms. The minimum Gasteiger partial charge on any atom is -0.352 e. The molecule has 0 aliphatic heterocycles. The lowest BCUT2D eigenvalue weighted by Gasteiger charge is -2.31. The molecule has 180 valence electrons.